The highest BCUT2D eigenvalue weighted by Crippen LogP contribution is 2.37. The minimum absolute atomic E-state index is 0.296. The number of fused-ring (bicyclic) bond motifs is 1. The normalized spacial score (nSPS) is 14.5. The maximum atomic E-state index is 9.64. The van der Waals surface area contributed by atoms with Crippen LogP contribution in [0.25, 0.3) is 11.3 Å². The molecule has 1 aliphatic carbocycles. The molecule has 11 heteroatoms. The van der Waals surface area contributed by atoms with Crippen LogP contribution in [0.1, 0.15) is 36.8 Å². The van der Waals surface area contributed by atoms with Crippen LogP contribution in [0.4, 0.5) is 16.6 Å². The first kappa shape index (κ1) is 27.8. The zero-order valence-electron chi connectivity index (χ0n) is 21.2. The van der Waals surface area contributed by atoms with E-state index in [4.69, 9.17) is 31.8 Å². The summed E-state index contributed by atoms with van der Waals surface area (Å²) < 4.78 is 0. The highest BCUT2D eigenvalue weighted by molar-refractivity contribution is 7.14. The van der Waals surface area contributed by atoms with Crippen LogP contribution in [-0.2, 0) is 22.4 Å². The average molecular weight is 558 g/mol. The van der Waals surface area contributed by atoms with Crippen LogP contribution in [0.3, 0.4) is 0 Å². The number of aromatic nitrogens is 2. The summed E-state index contributed by atoms with van der Waals surface area (Å²) >= 11 is 8.30. The summed E-state index contributed by atoms with van der Waals surface area (Å²) in [6.07, 6.45) is 6.00. The van der Waals surface area contributed by atoms with Gasteiger partial charge in [0.25, 0.3) is 0 Å². The molecule has 2 aliphatic rings. The molecule has 4 N–H and O–H groups in total. The van der Waals surface area contributed by atoms with Crippen molar-refractivity contribution in [1.29, 1.82) is 0 Å². The lowest BCUT2D eigenvalue weighted by molar-refractivity contribution is -0.143. The Morgan fingerprint density at radius 1 is 1.13 bits per heavy atom. The molecule has 202 valence electrons. The summed E-state index contributed by atoms with van der Waals surface area (Å²) in [6.45, 7) is 3.02. The number of nitrogens with one attached hydrogen (secondary N) is 2. The van der Waals surface area contributed by atoms with Gasteiger partial charge in [-0.3, -0.25) is 9.59 Å². The average Bonchev–Trinajstić information content (AvgIpc) is 3.67. The van der Waals surface area contributed by atoms with Crippen molar-refractivity contribution in [2.24, 2.45) is 5.92 Å². The monoisotopic (exact) mass is 557 g/mol. The fraction of sp³-hybridized carbons (Fsp3) is 0.407. The van der Waals surface area contributed by atoms with Gasteiger partial charge in [0.1, 0.15) is 5.82 Å². The molecule has 1 saturated carbocycles. The fourth-order valence-electron chi connectivity index (χ4n) is 4.19. The lowest BCUT2D eigenvalue weighted by Gasteiger charge is -2.24. The number of thiazole rings is 1. The Kier molecular flexibility index (Phi) is 9.54. The topological polar surface area (TPSA) is 128 Å². The van der Waals surface area contributed by atoms with Gasteiger partial charge in [-0.05, 0) is 74.0 Å². The first-order chi connectivity index (χ1) is 18.3. The van der Waals surface area contributed by atoms with Gasteiger partial charge in [0.05, 0.1) is 29.2 Å². The van der Waals surface area contributed by atoms with Crippen LogP contribution in [-0.4, -0.2) is 58.8 Å². The molecule has 0 saturated heterocycles. The number of hydrogen-bond donors (Lipinski definition) is 4. The zero-order valence-corrected chi connectivity index (χ0v) is 22.8. The van der Waals surface area contributed by atoms with Gasteiger partial charge in [0.15, 0.2) is 5.13 Å². The fourth-order valence-corrected chi connectivity index (χ4v) is 5.23. The number of carboxylic acids is 2. The van der Waals surface area contributed by atoms with E-state index in [0.29, 0.717) is 0 Å². The molecule has 0 amide bonds. The van der Waals surface area contributed by atoms with Gasteiger partial charge < -0.3 is 25.7 Å². The van der Waals surface area contributed by atoms with Gasteiger partial charge in [0.2, 0.25) is 0 Å². The Morgan fingerprint density at radius 2 is 1.87 bits per heavy atom. The van der Waals surface area contributed by atoms with E-state index in [1.54, 1.807) is 11.3 Å². The molecule has 1 aromatic carbocycles. The largest absolute Gasteiger partial charge is 0.481 e. The van der Waals surface area contributed by atoms with E-state index < -0.39 is 11.9 Å². The van der Waals surface area contributed by atoms with Crippen LogP contribution in [0.15, 0.2) is 35.8 Å². The quantitative estimate of drug-likeness (QED) is 0.285. The van der Waals surface area contributed by atoms with Crippen molar-refractivity contribution in [2.75, 3.05) is 36.9 Å². The van der Waals surface area contributed by atoms with Crippen molar-refractivity contribution in [1.82, 2.24) is 15.3 Å². The number of halogens is 1. The first-order valence-electron chi connectivity index (χ1n) is 12.7. The Bertz CT molecular complexity index is 1250. The number of benzene rings is 1. The summed E-state index contributed by atoms with van der Waals surface area (Å²) in [5.41, 5.74) is 5.77. The van der Waals surface area contributed by atoms with Gasteiger partial charge >= 0.3 is 11.9 Å². The van der Waals surface area contributed by atoms with Crippen molar-refractivity contribution in [2.45, 2.75) is 38.5 Å². The summed E-state index contributed by atoms with van der Waals surface area (Å²) in [5.74, 6) is -0.433. The molecule has 0 unspecified atom stereocenters. The van der Waals surface area contributed by atoms with E-state index in [0.717, 1.165) is 71.3 Å². The summed E-state index contributed by atoms with van der Waals surface area (Å²) in [4.78, 5) is 30.8. The van der Waals surface area contributed by atoms with Gasteiger partial charge in [-0.15, -0.1) is 11.3 Å². The van der Waals surface area contributed by atoms with Crippen LogP contribution in [0, 0.1) is 5.92 Å². The molecule has 0 atom stereocenters. The molecule has 0 spiro atoms. The molecular weight excluding hydrogens is 526 g/mol. The Morgan fingerprint density at radius 3 is 2.53 bits per heavy atom. The summed E-state index contributed by atoms with van der Waals surface area (Å²) in [7, 11) is 2.05. The van der Waals surface area contributed by atoms with Crippen LogP contribution >= 0.6 is 22.9 Å². The molecule has 3 aromatic rings. The maximum absolute atomic E-state index is 9.64. The van der Waals surface area contributed by atoms with Crippen molar-refractivity contribution in [3.8, 4) is 11.3 Å². The lowest BCUT2D eigenvalue weighted by Crippen LogP contribution is -2.17. The maximum Gasteiger partial charge on any atom is 0.303 e. The molecule has 5 rings (SSSR count). The second-order valence-corrected chi connectivity index (χ2v) is 10.7. The molecule has 9 nitrogen and oxygen atoms in total. The van der Waals surface area contributed by atoms with Gasteiger partial charge in [-0.2, -0.15) is 0 Å². The first-order valence-corrected chi connectivity index (χ1v) is 13.9. The number of rotatable bonds is 9. The Balaban J connectivity index is 0.000000368. The molecular formula is C27H32ClN5O4S. The van der Waals surface area contributed by atoms with Crippen LogP contribution < -0.4 is 15.5 Å². The molecule has 3 heterocycles. The van der Waals surface area contributed by atoms with Crippen molar-refractivity contribution >= 4 is 51.5 Å². The molecule has 1 aliphatic heterocycles. The number of carbonyl (C=O) groups is 2. The van der Waals surface area contributed by atoms with Crippen molar-refractivity contribution in [3.05, 3.63) is 52.0 Å². The molecule has 38 heavy (non-hydrogen) atoms. The zero-order chi connectivity index (χ0) is 27.1. The SMILES string of the molecule is CN(c1ccc(-c2csc(NCC3CC3)n2)cn1)c1c(Cl)ccc2c1CCNCC2.O=C(O)CCC(=O)O. The number of carboxylic acid groups (broad SMARTS) is 2. The molecule has 1 fully saturated rings. The van der Waals surface area contributed by atoms with E-state index >= 15 is 0 Å². The molecule has 0 radical (unpaired) electrons. The minimum atomic E-state index is -1.08. The van der Waals surface area contributed by atoms with E-state index in [1.807, 2.05) is 19.3 Å². The predicted molar refractivity (Wildman–Crippen MR) is 151 cm³/mol. The highest BCUT2D eigenvalue weighted by atomic mass is 35.5. The third-order valence-corrected chi connectivity index (χ3v) is 7.58. The Labute approximate surface area is 230 Å². The second-order valence-electron chi connectivity index (χ2n) is 9.40. The second kappa shape index (κ2) is 13.0. The standard InChI is InChI=1S/C23H26ClN5S.C4H6O4/c1-29(22-18-9-11-25-10-8-16(18)4-6-19(22)24)21-7-5-17(13-26-21)20-14-30-23(28-20)27-12-15-2-3-15;5-3(6)1-2-4(7)8/h4-7,13-15,25H,2-3,8-12H2,1H3,(H,27,28);1-2H2,(H,5,6)(H,7,8). The number of hydrogen-bond acceptors (Lipinski definition) is 8. The summed E-state index contributed by atoms with van der Waals surface area (Å²) in [6, 6.07) is 8.32. The van der Waals surface area contributed by atoms with Crippen molar-refractivity contribution < 1.29 is 19.8 Å². The molecule has 0 bridgehead atoms. The van der Waals surface area contributed by atoms with E-state index in [1.165, 1.54) is 24.0 Å². The predicted octanol–water partition coefficient (Wildman–Crippen LogP) is 5.07. The third-order valence-electron chi connectivity index (χ3n) is 6.47. The lowest BCUT2D eigenvalue weighted by atomic mass is 10.00. The molecule has 2 aromatic heterocycles. The minimum Gasteiger partial charge on any atom is -0.481 e. The van der Waals surface area contributed by atoms with Gasteiger partial charge in [-0.25, -0.2) is 9.97 Å². The van der Waals surface area contributed by atoms with Crippen LogP contribution in [0.2, 0.25) is 5.02 Å². The highest BCUT2D eigenvalue weighted by Gasteiger charge is 2.21. The smallest absolute Gasteiger partial charge is 0.303 e. The third kappa shape index (κ3) is 7.66. The van der Waals surface area contributed by atoms with E-state index in [-0.39, 0.29) is 12.8 Å². The van der Waals surface area contributed by atoms with E-state index in [2.05, 4.69) is 39.1 Å². The Hall–Kier alpha value is -3.21. The van der Waals surface area contributed by atoms with Gasteiger partial charge in [-0.1, -0.05) is 17.7 Å². The van der Waals surface area contributed by atoms with E-state index in [9.17, 15) is 9.59 Å². The number of aliphatic carboxylic acids is 2. The summed E-state index contributed by atoms with van der Waals surface area (Å²) in [5, 5.41) is 26.6. The number of pyridine rings is 1. The van der Waals surface area contributed by atoms with Gasteiger partial charge in [0, 0.05) is 30.7 Å². The van der Waals surface area contributed by atoms with Crippen LogP contribution in [0.5, 0.6) is 0 Å². The number of anilines is 3. The number of nitrogens with zero attached hydrogens (tertiary/aromatic N) is 3. The van der Waals surface area contributed by atoms with Crippen molar-refractivity contribution in [3.63, 3.8) is 0 Å².